The number of rotatable bonds is 54. The highest BCUT2D eigenvalue weighted by Gasteiger charge is 2.20. The Morgan fingerprint density at radius 3 is 1.11 bits per heavy atom. The van der Waals surface area contributed by atoms with Gasteiger partial charge in [-0.25, -0.2) is 0 Å². The minimum atomic E-state index is -0.672. The van der Waals surface area contributed by atoms with Crippen LogP contribution in [0.5, 0.6) is 0 Å². The van der Waals surface area contributed by atoms with E-state index in [1.165, 1.54) is 238 Å². The van der Waals surface area contributed by atoms with Crippen molar-refractivity contribution in [3.63, 3.8) is 0 Å². The number of allylic oxidation sites excluding steroid dienone is 2. The van der Waals surface area contributed by atoms with Gasteiger partial charge in [0.15, 0.2) is 0 Å². The van der Waals surface area contributed by atoms with Crippen molar-refractivity contribution in [2.45, 2.75) is 334 Å². The molecule has 0 heterocycles. The van der Waals surface area contributed by atoms with Crippen molar-refractivity contribution < 1.29 is 24.5 Å². The molecule has 0 spiro atoms. The summed E-state index contributed by atoms with van der Waals surface area (Å²) < 4.78 is 5.48. The van der Waals surface area contributed by atoms with Crippen molar-refractivity contribution in [1.29, 1.82) is 0 Å². The van der Waals surface area contributed by atoms with Crippen molar-refractivity contribution in [2.24, 2.45) is 0 Å². The summed E-state index contributed by atoms with van der Waals surface area (Å²) >= 11 is 0. The maximum Gasteiger partial charge on any atom is 0.305 e. The van der Waals surface area contributed by atoms with E-state index in [9.17, 15) is 19.8 Å². The van der Waals surface area contributed by atoms with Crippen molar-refractivity contribution in [3.05, 3.63) is 12.2 Å². The molecule has 0 radical (unpaired) electrons. The van der Waals surface area contributed by atoms with Crippen LogP contribution in [0.4, 0.5) is 0 Å². The molecule has 0 aliphatic rings. The second-order valence-electron chi connectivity index (χ2n) is 20.0. The van der Waals surface area contributed by atoms with Gasteiger partial charge in [-0.15, -0.1) is 0 Å². The Labute approximate surface area is 399 Å². The zero-order valence-electron chi connectivity index (χ0n) is 43.3. The van der Waals surface area contributed by atoms with Gasteiger partial charge in [-0.1, -0.05) is 270 Å². The van der Waals surface area contributed by atoms with Gasteiger partial charge in [-0.05, 0) is 51.4 Å². The molecule has 0 aromatic heterocycles. The summed E-state index contributed by atoms with van der Waals surface area (Å²) in [6.07, 6.45) is 63.3. The fourth-order valence-electron chi connectivity index (χ4n) is 9.11. The number of carbonyl (C=O) groups excluding carboxylic acids is 2. The molecule has 0 aromatic carbocycles. The molecule has 0 aromatic rings. The predicted octanol–water partition coefficient (Wildman–Crippen LogP) is 17.7. The molecular formula is C58H113NO5. The van der Waals surface area contributed by atoms with Gasteiger partial charge in [0, 0.05) is 12.8 Å². The van der Waals surface area contributed by atoms with E-state index in [1.54, 1.807) is 0 Å². The fourth-order valence-corrected chi connectivity index (χ4v) is 9.11. The van der Waals surface area contributed by atoms with Gasteiger partial charge in [-0.2, -0.15) is 0 Å². The molecular weight excluding hydrogens is 791 g/mol. The summed E-state index contributed by atoms with van der Waals surface area (Å²) in [5, 5.41) is 23.3. The van der Waals surface area contributed by atoms with E-state index in [0.717, 1.165) is 51.4 Å². The topological polar surface area (TPSA) is 95.9 Å². The number of aliphatic hydroxyl groups excluding tert-OH is 2. The molecule has 1 amide bonds. The molecule has 0 fully saturated rings. The number of ether oxygens (including phenoxy) is 1. The van der Waals surface area contributed by atoms with Gasteiger partial charge in [0.05, 0.1) is 25.4 Å². The molecule has 0 bridgehead atoms. The molecule has 6 nitrogen and oxygen atoms in total. The first-order valence-corrected chi connectivity index (χ1v) is 28.9. The first-order chi connectivity index (χ1) is 31.5. The Morgan fingerprint density at radius 1 is 0.422 bits per heavy atom. The van der Waals surface area contributed by atoms with Crippen LogP contribution in [0.2, 0.25) is 0 Å². The van der Waals surface area contributed by atoms with E-state index in [4.69, 9.17) is 4.74 Å². The highest BCUT2D eigenvalue weighted by molar-refractivity contribution is 5.76. The fraction of sp³-hybridized carbons (Fsp3) is 0.931. The van der Waals surface area contributed by atoms with Crippen LogP contribution in [0.25, 0.3) is 0 Å². The number of nitrogens with one attached hydrogen (secondary N) is 1. The van der Waals surface area contributed by atoms with E-state index < -0.39 is 12.1 Å². The van der Waals surface area contributed by atoms with Gasteiger partial charge >= 0.3 is 5.97 Å². The summed E-state index contributed by atoms with van der Waals surface area (Å²) in [5.74, 6) is -0.0532. The Bertz CT molecular complexity index is 955. The smallest absolute Gasteiger partial charge is 0.305 e. The summed E-state index contributed by atoms with van der Waals surface area (Å²) in [5.41, 5.74) is 0. The maximum absolute atomic E-state index is 12.5. The van der Waals surface area contributed by atoms with Gasteiger partial charge in [0.2, 0.25) is 5.91 Å². The number of aliphatic hydroxyl groups is 2. The van der Waals surface area contributed by atoms with Crippen molar-refractivity contribution in [1.82, 2.24) is 5.32 Å². The van der Waals surface area contributed by atoms with Crippen LogP contribution in [0, 0.1) is 0 Å². The minimum Gasteiger partial charge on any atom is -0.466 e. The number of hydrogen-bond donors (Lipinski definition) is 3. The van der Waals surface area contributed by atoms with Crippen LogP contribution in [0.15, 0.2) is 12.2 Å². The predicted molar refractivity (Wildman–Crippen MR) is 278 cm³/mol. The minimum absolute atomic E-state index is 0.00789. The third-order valence-corrected chi connectivity index (χ3v) is 13.6. The largest absolute Gasteiger partial charge is 0.466 e. The summed E-state index contributed by atoms with van der Waals surface area (Å²) in [6.45, 7) is 4.94. The third kappa shape index (κ3) is 50.0. The number of esters is 1. The molecule has 380 valence electrons. The van der Waals surface area contributed by atoms with Gasteiger partial charge in [-0.3, -0.25) is 9.59 Å². The van der Waals surface area contributed by atoms with Gasteiger partial charge < -0.3 is 20.3 Å². The Balaban J connectivity index is 3.43. The molecule has 3 N–H and O–H groups in total. The van der Waals surface area contributed by atoms with E-state index >= 15 is 0 Å². The summed E-state index contributed by atoms with van der Waals surface area (Å²) in [6, 6.07) is -0.551. The molecule has 0 aliphatic carbocycles. The highest BCUT2D eigenvalue weighted by atomic mass is 16.5. The monoisotopic (exact) mass is 904 g/mol. The number of amides is 1. The normalized spacial score (nSPS) is 12.6. The van der Waals surface area contributed by atoms with Crippen LogP contribution in [-0.4, -0.2) is 47.4 Å². The van der Waals surface area contributed by atoms with E-state index in [1.807, 2.05) is 0 Å². The Hall–Kier alpha value is -1.40. The lowest BCUT2D eigenvalue weighted by Gasteiger charge is -2.22. The van der Waals surface area contributed by atoms with Crippen LogP contribution < -0.4 is 5.32 Å². The van der Waals surface area contributed by atoms with Crippen LogP contribution in [0.3, 0.4) is 0 Å². The summed E-state index contributed by atoms with van der Waals surface area (Å²) in [4.78, 5) is 24.6. The van der Waals surface area contributed by atoms with Crippen LogP contribution >= 0.6 is 0 Å². The second kappa shape index (κ2) is 54.2. The third-order valence-electron chi connectivity index (χ3n) is 13.6. The average Bonchev–Trinajstić information content (AvgIpc) is 3.29. The van der Waals surface area contributed by atoms with Crippen molar-refractivity contribution in [3.8, 4) is 0 Å². The lowest BCUT2D eigenvalue weighted by Crippen LogP contribution is -2.45. The highest BCUT2D eigenvalue weighted by Crippen LogP contribution is 2.17. The molecule has 6 heteroatoms. The maximum atomic E-state index is 12.5. The quantitative estimate of drug-likeness (QED) is 0.0321. The summed E-state index contributed by atoms with van der Waals surface area (Å²) in [7, 11) is 0. The first kappa shape index (κ1) is 62.6. The Morgan fingerprint density at radius 2 is 0.734 bits per heavy atom. The molecule has 2 unspecified atom stereocenters. The standard InChI is InChI=1S/C58H113NO5/c1-3-5-7-9-11-13-15-17-19-21-23-26-30-34-38-42-46-50-56(61)55(54-60)59-57(62)51-47-43-39-35-31-27-25-29-33-37-41-45-49-53-64-58(63)52-48-44-40-36-32-28-24-22-20-18-16-14-12-10-8-6-4-2/h18,20,55-56,60-61H,3-17,19,21-54H2,1-2H3,(H,59,62)/b20-18-. The van der Waals surface area contributed by atoms with Crippen LogP contribution in [-0.2, 0) is 14.3 Å². The lowest BCUT2D eigenvalue weighted by atomic mass is 10.0. The van der Waals surface area contributed by atoms with E-state index in [2.05, 4.69) is 31.3 Å². The number of unbranched alkanes of at least 4 members (excludes halogenated alkanes) is 41. The average molecular weight is 905 g/mol. The van der Waals surface area contributed by atoms with Gasteiger partial charge in [0.25, 0.3) is 0 Å². The first-order valence-electron chi connectivity index (χ1n) is 28.9. The molecule has 0 rings (SSSR count). The lowest BCUT2D eigenvalue weighted by molar-refractivity contribution is -0.143. The zero-order chi connectivity index (χ0) is 46.5. The number of hydrogen-bond acceptors (Lipinski definition) is 5. The zero-order valence-corrected chi connectivity index (χ0v) is 43.3. The van der Waals surface area contributed by atoms with E-state index in [-0.39, 0.29) is 18.5 Å². The molecule has 64 heavy (non-hydrogen) atoms. The molecule has 0 saturated heterocycles. The second-order valence-corrected chi connectivity index (χ2v) is 20.0. The molecule has 2 atom stereocenters. The van der Waals surface area contributed by atoms with Crippen molar-refractivity contribution in [2.75, 3.05) is 13.2 Å². The van der Waals surface area contributed by atoms with Crippen molar-refractivity contribution >= 4 is 11.9 Å². The molecule has 0 aliphatic heterocycles. The van der Waals surface area contributed by atoms with E-state index in [0.29, 0.717) is 25.9 Å². The molecule has 0 saturated carbocycles. The number of carbonyl (C=O) groups is 2. The SMILES string of the molecule is CCCCCCCC/C=C\CCCCCCCCCC(=O)OCCCCCCCCCCCCCCCC(=O)NC(CO)C(O)CCCCCCCCCCCCCCCCCCC. The van der Waals surface area contributed by atoms with Gasteiger partial charge in [0.1, 0.15) is 0 Å². The van der Waals surface area contributed by atoms with Crippen LogP contribution in [0.1, 0.15) is 322 Å². The Kier molecular flexibility index (Phi) is 53.0.